The van der Waals surface area contributed by atoms with Gasteiger partial charge in [0, 0.05) is 12.1 Å². The third-order valence-electron chi connectivity index (χ3n) is 2.28. The maximum absolute atomic E-state index is 11.4. The quantitative estimate of drug-likeness (QED) is 0.775. The fourth-order valence-corrected chi connectivity index (χ4v) is 1.66. The van der Waals surface area contributed by atoms with E-state index in [1.807, 2.05) is 18.2 Å². The van der Waals surface area contributed by atoms with Gasteiger partial charge in [-0.3, -0.25) is 4.79 Å². The van der Waals surface area contributed by atoms with Crippen molar-refractivity contribution in [3.05, 3.63) is 23.8 Å². The first-order valence-electron chi connectivity index (χ1n) is 5.28. The van der Waals surface area contributed by atoms with Crippen LogP contribution in [0.15, 0.2) is 18.2 Å². The average molecular weight is 239 g/mol. The van der Waals surface area contributed by atoms with Crippen molar-refractivity contribution in [2.45, 2.75) is 19.8 Å². The molecule has 0 aliphatic rings. The highest BCUT2D eigenvalue weighted by molar-refractivity contribution is 7.80. The minimum atomic E-state index is -0.0118. The van der Waals surface area contributed by atoms with Crippen LogP contribution in [-0.2, 0) is 11.2 Å². The molecule has 4 heteroatoms. The van der Waals surface area contributed by atoms with Gasteiger partial charge in [-0.05, 0) is 35.9 Å². The summed E-state index contributed by atoms with van der Waals surface area (Å²) in [7, 11) is 1.65. The fourth-order valence-electron chi connectivity index (χ4n) is 1.46. The Kier molecular flexibility index (Phi) is 5.19. The van der Waals surface area contributed by atoms with E-state index in [0.717, 1.165) is 23.4 Å². The molecular weight excluding hydrogens is 222 g/mol. The van der Waals surface area contributed by atoms with Crippen LogP contribution in [0.4, 0.5) is 5.69 Å². The summed E-state index contributed by atoms with van der Waals surface area (Å²) in [6.07, 6.45) is 1.30. The molecule has 0 aliphatic carbocycles. The zero-order valence-electron chi connectivity index (χ0n) is 9.62. The van der Waals surface area contributed by atoms with Crippen molar-refractivity contribution in [1.29, 1.82) is 0 Å². The molecule has 0 heterocycles. The van der Waals surface area contributed by atoms with Crippen LogP contribution in [0.2, 0.25) is 0 Å². The molecule has 0 saturated carbocycles. The molecule has 3 nitrogen and oxygen atoms in total. The highest BCUT2D eigenvalue weighted by Gasteiger charge is 2.05. The number of benzene rings is 1. The number of rotatable bonds is 5. The normalized spacial score (nSPS) is 9.94. The predicted molar refractivity (Wildman–Crippen MR) is 69.5 cm³/mol. The van der Waals surface area contributed by atoms with E-state index in [1.165, 1.54) is 0 Å². The van der Waals surface area contributed by atoms with Crippen LogP contribution in [0, 0.1) is 0 Å². The summed E-state index contributed by atoms with van der Waals surface area (Å²) >= 11 is 4.02. The summed E-state index contributed by atoms with van der Waals surface area (Å²) in [5.74, 6) is 1.40. The van der Waals surface area contributed by atoms with Crippen LogP contribution in [0.5, 0.6) is 5.75 Å². The first kappa shape index (κ1) is 12.9. The van der Waals surface area contributed by atoms with Gasteiger partial charge in [0.05, 0.1) is 7.11 Å². The minimum absolute atomic E-state index is 0.0118. The van der Waals surface area contributed by atoms with Gasteiger partial charge in [-0.25, -0.2) is 0 Å². The number of amides is 1. The molecule has 0 atom stereocenters. The molecular formula is C12H17NO2S. The van der Waals surface area contributed by atoms with Crippen molar-refractivity contribution < 1.29 is 9.53 Å². The SMILES string of the molecule is CCc1cc(NC(=O)CCS)ccc1OC. The number of aryl methyl sites for hydroxylation is 1. The van der Waals surface area contributed by atoms with Gasteiger partial charge in [-0.1, -0.05) is 6.92 Å². The number of anilines is 1. The second kappa shape index (κ2) is 6.43. The number of thiol groups is 1. The number of hydrogen-bond acceptors (Lipinski definition) is 3. The van der Waals surface area contributed by atoms with E-state index in [0.29, 0.717) is 12.2 Å². The monoisotopic (exact) mass is 239 g/mol. The highest BCUT2D eigenvalue weighted by atomic mass is 32.1. The van der Waals surface area contributed by atoms with Gasteiger partial charge in [-0.15, -0.1) is 0 Å². The number of carbonyl (C=O) groups excluding carboxylic acids is 1. The second-order valence-corrected chi connectivity index (χ2v) is 3.85. The summed E-state index contributed by atoms with van der Waals surface area (Å²) in [4.78, 5) is 11.4. The number of ether oxygens (including phenoxy) is 1. The van der Waals surface area contributed by atoms with Crippen molar-refractivity contribution >= 4 is 24.2 Å². The van der Waals surface area contributed by atoms with Gasteiger partial charge in [-0.2, -0.15) is 12.6 Å². The Morgan fingerprint density at radius 2 is 2.25 bits per heavy atom. The van der Waals surface area contributed by atoms with Crippen molar-refractivity contribution in [2.75, 3.05) is 18.2 Å². The Morgan fingerprint density at radius 3 is 2.81 bits per heavy atom. The summed E-state index contributed by atoms with van der Waals surface area (Å²) in [5.41, 5.74) is 1.90. The maximum atomic E-state index is 11.4. The van der Waals surface area contributed by atoms with E-state index in [9.17, 15) is 4.79 Å². The van der Waals surface area contributed by atoms with Crippen molar-refractivity contribution in [3.63, 3.8) is 0 Å². The van der Waals surface area contributed by atoms with Crippen LogP contribution in [0.1, 0.15) is 18.9 Å². The van der Waals surface area contributed by atoms with E-state index in [2.05, 4.69) is 24.9 Å². The lowest BCUT2D eigenvalue weighted by atomic mass is 10.1. The molecule has 0 bridgehead atoms. The minimum Gasteiger partial charge on any atom is -0.496 e. The third kappa shape index (κ3) is 3.45. The standard InChI is InChI=1S/C12H17NO2S/c1-3-9-8-10(4-5-11(9)15-2)13-12(14)6-7-16/h4-5,8,16H,3,6-7H2,1-2H3,(H,13,14). The fraction of sp³-hybridized carbons (Fsp3) is 0.417. The summed E-state index contributed by atoms with van der Waals surface area (Å²) in [6, 6.07) is 5.65. The first-order chi connectivity index (χ1) is 7.71. The Labute approximate surface area is 102 Å². The van der Waals surface area contributed by atoms with Crippen LogP contribution < -0.4 is 10.1 Å². The largest absolute Gasteiger partial charge is 0.496 e. The Bertz CT molecular complexity index is 366. The smallest absolute Gasteiger partial charge is 0.225 e. The van der Waals surface area contributed by atoms with Crippen LogP contribution >= 0.6 is 12.6 Å². The molecule has 0 radical (unpaired) electrons. The molecule has 0 fully saturated rings. The molecule has 0 spiro atoms. The van der Waals surface area contributed by atoms with E-state index in [4.69, 9.17) is 4.74 Å². The Hall–Kier alpha value is -1.16. The lowest BCUT2D eigenvalue weighted by Crippen LogP contribution is -2.11. The molecule has 0 unspecified atom stereocenters. The molecule has 1 aromatic carbocycles. The number of nitrogens with one attached hydrogen (secondary N) is 1. The van der Waals surface area contributed by atoms with Gasteiger partial charge in [0.1, 0.15) is 5.75 Å². The molecule has 1 N–H and O–H groups in total. The maximum Gasteiger partial charge on any atom is 0.225 e. The molecule has 0 saturated heterocycles. The topological polar surface area (TPSA) is 38.3 Å². The van der Waals surface area contributed by atoms with Crippen LogP contribution in [0.25, 0.3) is 0 Å². The van der Waals surface area contributed by atoms with E-state index in [1.54, 1.807) is 7.11 Å². The molecule has 1 aromatic rings. The summed E-state index contributed by atoms with van der Waals surface area (Å²) in [6.45, 7) is 2.05. The molecule has 0 aromatic heterocycles. The third-order valence-corrected chi connectivity index (χ3v) is 2.51. The molecule has 16 heavy (non-hydrogen) atoms. The number of carbonyl (C=O) groups is 1. The predicted octanol–water partition coefficient (Wildman–Crippen LogP) is 2.52. The Morgan fingerprint density at radius 1 is 1.50 bits per heavy atom. The zero-order valence-corrected chi connectivity index (χ0v) is 10.5. The van der Waals surface area contributed by atoms with E-state index < -0.39 is 0 Å². The molecule has 88 valence electrons. The first-order valence-corrected chi connectivity index (χ1v) is 5.92. The van der Waals surface area contributed by atoms with Crippen molar-refractivity contribution in [2.24, 2.45) is 0 Å². The molecule has 0 aliphatic heterocycles. The van der Waals surface area contributed by atoms with Gasteiger partial charge < -0.3 is 10.1 Å². The van der Waals surface area contributed by atoms with Crippen molar-refractivity contribution in [1.82, 2.24) is 0 Å². The highest BCUT2D eigenvalue weighted by Crippen LogP contribution is 2.23. The lowest BCUT2D eigenvalue weighted by Gasteiger charge is -2.10. The van der Waals surface area contributed by atoms with Gasteiger partial charge >= 0.3 is 0 Å². The van der Waals surface area contributed by atoms with Gasteiger partial charge in [0.15, 0.2) is 0 Å². The van der Waals surface area contributed by atoms with Gasteiger partial charge in [0.2, 0.25) is 5.91 Å². The van der Waals surface area contributed by atoms with Crippen molar-refractivity contribution in [3.8, 4) is 5.75 Å². The molecule has 1 amide bonds. The number of methoxy groups -OCH3 is 1. The molecule has 1 rings (SSSR count). The van der Waals surface area contributed by atoms with Gasteiger partial charge in [0.25, 0.3) is 0 Å². The lowest BCUT2D eigenvalue weighted by molar-refractivity contribution is -0.115. The zero-order chi connectivity index (χ0) is 12.0. The van der Waals surface area contributed by atoms with E-state index >= 15 is 0 Å². The number of hydrogen-bond donors (Lipinski definition) is 2. The van der Waals surface area contributed by atoms with E-state index in [-0.39, 0.29) is 5.91 Å². The van der Waals surface area contributed by atoms with Crippen LogP contribution in [0.3, 0.4) is 0 Å². The summed E-state index contributed by atoms with van der Waals surface area (Å²) < 4.78 is 5.22. The second-order valence-electron chi connectivity index (χ2n) is 3.40. The summed E-state index contributed by atoms with van der Waals surface area (Å²) in [5, 5.41) is 2.83. The van der Waals surface area contributed by atoms with Crippen LogP contribution in [-0.4, -0.2) is 18.8 Å². The Balaban J connectivity index is 2.78. The average Bonchev–Trinajstić information content (AvgIpc) is 2.29.